The predicted octanol–water partition coefficient (Wildman–Crippen LogP) is 6.73. The number of likely N-dealkylation sites (N-methyl/N-ethyl adjacent to an activating group) is 1. The molecule has 0 unspecified atom stereocenters. The Balaban J connectivity index is 1.88. The number of benzene rings is 2. The molecule has 0 spiro atoms. The second kappa shape index (κ2) is 12.7. The van der Waals surface area contributed by atoms with Gasteiger partial charge in [0, 0.05) is 17.5 Å². The van der Waals surface area contributed by atoms with E-state index in [2.05, 4.69) is 63.9 Å². The van der Waals surface area contributed by atoms with Crippen molar-refractivity contribution in [3.8, 4) is 5.75 Å². The summed E-state index contributed by atoms with van der Waals surface area (Å²) in [5.41, 5.74) is 1.35. The van der Waals surface area contributed by atoms with E-state index in [1.54, 1.807) is 6.07 Å². The minimum absolute atomic E-state index is 0.105. The maximum atomic E-state index is 13.8. The molecule has 1 aromatic heterocycles. The fourth-order valence-corrected chi connectivity index (χ4v) is 5.82. The zero-order chi connectivity index (χ0) is 26.5. The van der Waals surface area contributed by atoms with Gasteiger partial charge in [-0.1, -0.05) is 52.8 Å². The van der Waals surface area contributed by atoms with Gasteiger partial charge in [-0.25, -0.2) is 0 Å². The van der Waals surface area contributed by atoms with Gasteiger partial charge in [0.25, 0.3) is 0 Å². The van der Waals surface area contributed by atoms with Crippen molar-refractivity contribution in [3.63, 3.8) is 0 Å². The Morgan fingerprint density at radius 1 is 1.03 bits per heavy atom. The van der Waals surface area contributed by atoms with Crippen LogP contribution in [-0.4, -0.2) is 49.5 Å². The third-order valence-electron chi connectivity index (χ3n) is 5.68. The molecule has 1 heterocycles. The fourth-order valence-electron chi connectivity index (χ4n) is 3.74. The molecule has 0 N–H and O–H groups in total. The van der Waals surface area contributed by atoms with Gasteiger partial charge in [-0.15, -0.1) is 0 Å². The van der Waals surface area contributed by atoms with Crippen LogP contribution in [0.25, 0.3) is 11.0 Å². The summed E-state index contributed by atoms with van der Waals surface area (Å²) in [6, 6.07) is 11.0. The number of para-hydroxylation sites is 1. The van der Waals surface area contributed by atoms with Gasteiger partial charge in [-0.05, 0) is 81.9 Å². The standard InChI is InChI=1S/C28H33I2NO5/c1-6-31(7-2)12-13-34-27-20(29)14-18(15-21(27)30)26(33)25-19-10-8-9-11-22(19)36-23(25)16-24(32)35-17-28(3,4)5/h8-11,14-15H,6-7,12-13,16-17H2,1-5H3. The lowest BCUT2D eigenvalue weighted by Crippen LogP contribution is -2.28. The highest BCUT2D eigenvalue weighted by molar-refractivity contribution is 14.1. The van der Waals surface area contributed by atoms with Gasteiger partial charge >= 0.3 is 5.97 Å². The molecule has 0 saturated heterocycles. The molecule has 0 radical (unpaired) electrons. The van der Waals surface area contributed by atoms with Gasteiger partial charge in [0.1, 0.15) is 30.1 Å². The molecule has 3 rings (SSSR count). The number of ether oxygens (including phenoxy) is 2. The second-order valence-electron chi connectivity index (χ2n) is 9.77. The van der Waals surface area contributed by atoms with E-state index in [0.717, 1.165) is 32.5 Å². The monoisotopic (exact) mass is 717 g/mol. The fraction of sp³-hybridized carbons (Fsp3) is 0.429. The average molecular weight is 717 g/mol. The number of halogens is 2. The SMILES string of the molecule is CCN(CC)CCOc1c(I)cc(C(=O)c2c(CC(=O)OCC(C)(C)C)oc3ccccc23)cc1I. The van der Waals surface area contributed by atoms with Gasteiger partial charge in [-0.3, -0.25) is 9.59 Å². The average Bonchev–Trinajstić information content (AvgIpc) is 3.18. The molecule has 194 valence electrons. The van der Waals surface area contributed by atoms with Crippen LogP contribution in [0.1, 0.15) is 56.3 Å². The van der Waals surface area contributed by atoms with Crippen molar-refractivity contribution < 1.29 is 23.5 Å². The molecule has 3 aromatic rings. The highest BCUT2D eigenvalue weighted by Crippen LogP contribution is 2.33. The molecule has 2 aromatic carbocycles. The highest BCUT2D eigenvalue weighted by Gasteiger charge is 2.26. The summed E-state index contributed by atoms with van der Waals surface area (Å²) >= 11 is 4.42. The number of fused-ring (bicyclic) bond motifs is 1. The number of rotatable bonds is 11. The van der Waals surface area contributed by atoms with Crippen molar-refractivity contribution in [2.45, 2.75) is 41.0 Å². The van der Waals surface area contributed by atoms with Crippen molar-refractivity contribution in [3.05, 3.63) is 60.4 Å². The van der Waals surface area contributed by atoms with E-state index >= 15 is 0 Å². The zero-order valence-electron chi connectivity index (χ0n) is 21.5. The van der Waals surface area contributed by atoms with E-state index in [9.17, 15) is 9.59 Å². The van der Waals surface area contributed by atoms with Crippen LogP contribution in [0.4, 0.5) is 0 Å². The van der Waals surface area contributed by atoms with Crippen molar-refractivity contribution >= 4 is 67.9 Å². The van der Waals surface area contributed by atoms with E-state index in [1.807, 2.05) is 51.1 Å². The van der Waals surface area contributed by atoms with Crippen LogP contribution >= 0.6 is 45.2 Å². The molecular formula is C28H33I2NO5. The summed E-state index contributed by atoms with van der Waals surface area (Å²) in [5, 5.41) is 0.686. The number of hydrogen-bond acceptors (Lipinski definition) is 6. The number of ketones is 1. The normalized spacial score (nSPS) is 11.8. The molecule has 0 bridgehead atoms. The molecule has 0 saturated carbocycles. The first kappa shape index (κ1) is 28.9. The summed E-state index contributed by atoms with van der Waals surface area (Å²) in [5.74, 6) is 0.496. The predicted molar refractivity (Wildman–Crippen MR) is 159 cm³/mol. The van der Waals surface area contributed by atoms with E-state index < -0.39 is 5.97 Å². The maximum absolute atomic E-state index is 13.8. The first-order valence-corrected chi connectivity index (χ1v) is 14.2. The van der Waals surface area contributed by atoms with E-state index in [0.29, 0.717) is 41.1 Å². The third-order valence-corrected chi connectivity index (χ3v) is 7.28. The Labute approximate surface area is 240 Å². The van der Waals surface area contributed by atoms with E-state index in [4.69, 9.17) is 13.9 Å². The third kappa shape index (κ3) is 7.44. The zero-order valence-corrected chi connectivity index (χ0v) is 25.8. The van der Waals surface area contributed by atoms with Gasteiger partial charge in [0.2, 0.25) is 0 Å². The Bertz CT molecular complexity index is 1200. The van der Waals surface area contributed by atoms with Crippen LogP contribution in [-0.2, 0) is 16.0 Å². The van der Waals surface area contributed by atoms with Crippen molar-refractivity contribution in [1.29, 1.82) is 0 Å². The van der Waals surface area contributed by atoms with E-state index in [-0.39, 0.29) is 17.6 Å². The number of hydrogen-bond donors (Lipinski definition) is 0. The van der Waals surface area contributed by atoms with Crippen LogP contribution in [0, 0.1) is 12.6 Å². The Kier molecular flexibility index (Phi) is 10.2. The molecular weight excluding hydrogens is 684 g/mol. The van der Waals surface area contributed by atoms with Crippen molar-refractivity contribution in [1.82, 2.24) is 4.90 Å². The molecule has 36 heavy (non-hydrogen) atoms. The summed E-state index contributed by atoms with van der Waals surface area (Å²) in [4.78, 5) is 28.6. The minimum Gasteiger partial charge on any atom is -0.490 e. The number of carbonyl (C=O) groups is 2. The van der Waals surface area contributed by atoms with Crippen molar-refractivity contribution in [2.75, 3.05) is 32.8 Å². The lowest BCUT2D eigenvalue weighted by atomic mass is 9.98. The smallest absolute Gasteiger partial charge is 0.313 e. The summed E-state index contributed by atoms with van der Waals surface area (Å²) in [7, 11) is 0. The summed E-state index contributed by atoms with van der Waals surface area (Å²) < 4.78 is 19.2. The number of furan rings is 1. The van der Waals surface area contributed by atoms with E-state index in [1.165, 1.54) is 0 Å². The second-order valence-corrected chi connectivity index (χ2v) is 12.1. The summed E-state index contributed by atoms with van der Waals surface area (Å²) in [6.07, 6.45) is -0.105. The molecule has 0 aliphatic rings. The van der Waals surface area contributed by atoms with Crippen LogP contribution in [0.15, 0.2) is 40.8 Å². The number of carbonyl (C=O) groups excluding carboxylic acids is 2. The van der Waals surface area contributed by atoms with Gasteiger partial charge < -0.3 is 18.8 Å². The Hall–Kier alpha value is -1.66. The van der Waals surface area contributed by atoms with Crippen LogP contribution in [0.3, 0.4) is 0 Å². The molecule has 0 aliphatic heterocycles. The largest absolute Gasteiger partial charge is 0.490 e. The Morgan fingerprint density at radius 2 is 1.67 bits per heavy atom. The molecule has 0 aliphatic carbocycles. The van der Waals surface area contributed by atoms with Crippen LogP contribution in [0.2, 0.25) is 0 Å². The highest BCUT2D eigenvalue weighted by atomic mass is 127. The number of nitrogens with zero attached hydrogens (tertiary/aromatic N) is 1. The lowest BCUT2D eigenvalue weighted by Gasteiger charge is -2.19. The quantitative estimate of drug-likeness (QED) is 0.125. The first-order valence-electron chi connectivity index (χ1n) is 12.1. The molecule has 8 heteroatoms. The van der Waals surface area contributed by atoms with Gasteiger partial charge in [0.05, 0.1) is 19.3 Å². The molecule has 0 amide bonds. The number of esters is 1. The van der Waals surface area contributed by atoms with Crippen molar-refractivity contribution in [2.24, 2.45) is 5.41 Å². The van der Waals surface area contributed by atoms with Crippen LogP contribution < -0.4 is 4.74 Å². The summed E-state index contributed by atoms with van der Waals surface area (Å²) in [6.45, 7) is 13.9. The van der Waals surface area contributed by atoms with Crippen LogP contribution in [0.5, 0.6) is 5.75 Å². The maximum Gasteiger partial charge on any atom is 0.313 e. The van der Waals surface area contributed by atoms with Gasteiger partial charge in [-0.2, -0.15) is 0 Å². The lowest BCUT2D eigenvalue weighted by molar-refractivity contribution is -0.145. The molecule has 0 fully saturated rings. The molecule has 0 atom stereocenters. The molecule has 6 nitrogen and oxygen atoms in total. The first-order chi connectivity index (χ1) is 17.0. The van der Waals surface area contributed by atoms with Gasteiger partial charge in [0.15, 0.2) is 5.78 Å². The topological polar surface area (TPSA) is 69.0 Å². The minimum atomic E-state index is -0.417. The Morgan fingerprint density at radius 3 is 2.28 bits per heavy atom.